The molecule has 94 valence electrons. The number of nitrogens with one attached hydrogen (secondary N) is 1. The molecule has 2 aliphatic rings. The van der Waals surface area contributed by atoms with Crippen molar-refractivity contribution in [3.8, 4) is 0 Å². The molecule has 3 heteroatoms. The second kappa shape index (κ2) is 4.63. The Labute approximate surface area is 100 Å². The minimum atomic E-state index is 0.384. The number of nitrogens with zero attached hydrogens (tertiary/aromatic N) is 2. The quantitative estimate of drug-likeness (QED) is 0.777. The van der Waals surface area contributed by atoms with Crippen LogP contribution < -0.4 is 5.32 Å². The van der Waals surface area contributed by atoms with Gasteiger partial charge in [0.05, 0.1) is 0 Å². The average Bonchev–Trinajstić information content (AvgIpc) is 2.93. The molecule has 0 spiro atoms. The molecule has 1 heterocycles. The van der Waals surface area contributed by atoms with E-state index in [9.17, 15) is 0 Å². The summed E-state index contributed by atoms with van der Waals surface area (Å²) in [4.78, 5) is 5.04. The number of likely N-dealkylation sites (N-methyl/N-ethyl adjacent to an activating group) is 1. The SMILES string of the molecule is CN(C)CC1CN(C2CC2)C(C)(C)CCN1. The Balaban J connectivity index is 2.00. The maximum absolute atomic E-state index is 3.70. The van der Waals surface area contributed by atoms with Gasteiger partial charge >= 0.3 is 0 Å². The van der Waals surface area contributed by atoms with E-state index in [1.165, 1.54) is 25.8 Å². The number of rotatable bonds is 3. The zero-order valence-electron chi connectivity index (χ0n) is 11.3. The summed E-state index contributed by atoms with van der Waals surface area (Å²) >= 11 is 0. The van der Waals surface area contributed by atoms with E-state index >= 15 is 0 Å². The molecule has 1 saturated carbocycles. The molecule has 0 aromatic carbocycles. The highest BCUT2D eigenvalue weighted by Crippen LogP contribution is 2.35. The largest absolute Gasteiger partial charge is 0.311 e. The van der Waals surface area contributed by atoms with Crippen LogP contribution >= 0.6 is 0 Å². The van der Waals surface area contributed by atoms with Crippen LogP contribution in [0.2, 0.25) is 0 Å². The molecule has 2 fully saturated rings. The van der Waals surface area contributed by atoms with Crippen molar-refractivity contribution in [2.75, 3.05) is 33.7 Å². The van der Waals surface area contributed by atoms with Gasteiger partial charge in [0, 0.05) is 30.7 Å². The third-order valence-electron chi connectivity index (χ3n) is 3.94. The van der Waals surface area contributed by atoms with Gasteiger partial charge in [0.25, 0.3) is 0 Å². The molecule has 0 bridgehead atoms. The van der Waals surface area contributed by atoms with E-state index in [0.29, 0.717) is 11.6 Å². The molecule has 3 nitrogen and oxygen atoms in total. The molecule has 0 aromatic rings. The summed E-state index contributed by atoms with van der Waals surface area (Å²) in [5.74, 6) is 0. The van der Waals surface area contributed by atoms with Gasteiger partial charge in [-0.25, -0.2) is 0 Å². The van der Waals surface area contributed by atoms with Crippen molar-refractivity contribution >= 4 is 0 Å². The van der Waals surface area contributed by atoms with E-state index in [-0.39, 0.29) is 0 Å². The van der Waals surface area contributed by atoms with Crippen molar-refractivity contribution in [1.29, 1.82) is 0 Å². The van der Waals surface area contributed by atoms with Gasteiger partial charge in [0.1, 0.15) is 0 Å². The molecule has 1 N–H and O–H groups in total. The highest BCUT2D eigenvalue weighted by molar-refractivity contribution is 4.98. The summed E-state index contributed by atoms with van der Waals surface area (Å²) in [5.41, 5.74) is 0.384. The summed E-state index contributed by atoms with van der Waals surface area (Å²) in [5, 5.41) is 3.70. The highest BCUT2D eigenvalue weighted by atomic mass is 15.3. The zero-order chi connectivity index (χ0) is 11.8. The van der Waals surface area contributed by atoms with E-state index in [1.54, 1.807) is 0 Å². The lowest BCUT2D eigenvalue weighted by Crippen LogP contribution is -2.49. The van der Waals surface area contributed by atoms with Gasteiger partial charge in [0.2, 0.25) is 0 Å². The first-order valence-electron chi connectivity index (χ1n) is 6.64. The summed E-state index contributed by atoms with van der Waals surface area (Å²) in [7, 11) is 4.33. The first-order chi connectivity index (χ1) is 7.49. The Morgan fingerprint density at radius 1 is 1.31 bits per heavy atom. The molecule has 1 aliphatic heterocycles. The maximum atomic E-state index is 3.70. The third-order valence-corrected chi connectivity index (χ3v) is 3.94. The molecule has 0 radical (unpaired) electrons. The molecule has 1 unspecified atom stereocenters. The fourth-order valence-electron chi connectivity index (χ4n) is 2.87. The Kier molecular flexibility index (Phi) is 3.57. The van der Waals surface area contributed by atoms with Crippen molar-refractivity contribution in [3.05, 3.63) is 0 Å². The lowest BCUT2D eigenvalue weighted by Gasteiger charge is -2.38. The van der Waals surface area contributed by atoms with E-state index in [1.807, 2.05) is 0 Å². The summed E-state index contributed by atoms with van der Waals surface area (Å²) in [6, 6.07) is 1.51. The van der Waals surface area contributed by atoms with E-state index in [4.69, 9.17) is 0 Å². The molecule has 0 amide bonds. The average molecular weight is 225 g/mol. The fraction of sp³-hybridized carbons (Fsp3) is 1.00. The van der Waals surface area contributed by atoms with E-state index in [2.05, 4.69) is 43.1 Å². The van der Waals surface area contributed by atoms with Crippen molar-refractivity contribution < 1.29 is 0 Å². The van der Waals surface area contributed by atoms with Crippen LogP contribution in [0.15, 0.2) is 0 Å². The zero-order valence-corrected chi connectivity index (χ0v) is 11.3. The predicted octanol–water partition coefficient (Wildman–Crippen LogP) is 1.15. The van der Waals surface area contributed by atoms with Crippen molar-refractivity contribution in [3.63, 3.8) is 0 Å². The van der Waals surface area contributed by atoms with Gasteiger partial charge in [-0.05, 0) is 53.8 Å². The molecular formula is C13H27N3. The summed E-state index contributed by atoms with van der Waals surface area (Å²) in [6.07, 6.45) is 4.10. The molecule has 0 aromatic heterocycles. The van der Waals surface area contributed by atoms with Crippen LogP contribution in [0.3, 0.4) is 0 Å². The number of hydrogen-bond donors (Lipinski definition) is 1. The standard InChI is InChI=1S/C13H27N3/c1-13(2)7-8-14-11(9-15(3)4)10-16(13)12-5-6-12/h11-12,14H,5-10H2,1-4H3. The normalized spacial score (nSPS) is 31.7. The van der Waals surface area contributed by atoms with E-state index < -0.39 is 0 Å². The van der Waals surface area contributed by atoms with Gasteiger partial charge in [-0.2, -0.15) is 0 Å². The first-order valence-corrected chi connectivity index (χ1v) is 6.64. The van der Waals surface area contributed by atoms with Gasteiger partial charge in [-0.1, -0.05) is 0 Å². The van der Waals surface area contributed by atoms with Crippen LogP contribution in [0.25, 0.3) is 0 Å². The maximum Gasteiger partial charge on any atom is 0.0322 e. The molecular weight excluding hydrogens is 198 g/mol. The van der Waals surface area contributed by atoms with Crippen LogP contribution in [0.1, 0.15) is 33.1 Å². The van der Waals surface area contributed by atoms with Gasteiger partial charge < -0.3 is 10.2 Å². The summed E-state index contributed by atoms with van der Waals surface area (Å²) in [6.45, 7) is 8.35. The Morgan fingerprint density at radius 3 is 2.56 bits per heavy atom. The van der Waals surface area contributed by atoms with Gasteiger partial charge in [-0.3, -0.25) is 4.90 Å². The minimum Gasteiger partial charge on any atom is -0.311 e. The van der Waals surface area contributed by atoms with Gasteiger partial charge in [-0.15, -0.1) is 0 Å². The van der Waals surface area contributed by atoms with Crippen LogP contribution in [0.5, 0.6) is 0 Å². The highest BCUT2D eigenvalue weighted by Gasteiger charge is 2.40. The first kappa shape index (κ1) is 12.3. The number of hydrogen-bond acceptors (Lipinski definition) is 3. The molecule has 1 aliphatic carbocycles. The smallest absolute Gasteiger partial charge is 0.0322 e. The van der Waals surface area contributed by atoms with Crippen LogP contribution in [0.4, 0.5) is 0 Å². The fourth-order valence-corrected chi connectivity index (χ4v) is 2.87. The third kappa shape index (κ3) is 2.96. The molecule has 1 atom stereocenters. The van der Waals surface area contributed by atoms with Gasteiger partial charge in [0.15, 0.2) is 0 Å². The van der Waals surface area contributed by atoms with Crippen molar-refractivity contribution in [2.45, 2.75) is 50.7 Å². The molecule has 16 heavy (non-hydrogen) atoms. The van der Waals surface area contributed by atoms with E-state index in [0.717, 1.165) is 19.1 Å². The molecule has 2 rings (SSSR count). The predicted molar refractivity (Wildman–Crippen MR) is 68.8 cm³/mol. The topological polar surface area (TPSA) is 18.5 Å². The van der Waals surface area contributed by atoms with Crippen molar-refractivity contribution in [1.82, 2.24) is 15.1 Å². The van der Waals surface area contributed by atoms with Crippen molar-refractivity contribution in [2.24, 2.45) is 0 Å². The summed E-state index contributed by atoms with van der Waals surface area (Å²) < 4.78 is 0. The Hall–Kier alpha value is -0.120. The lowest BCUT2D eigenvalue weighted by molar-refractivity contribution is 0.106. The second-order valence-electron chi connectivity index (χ2n) is 6.36. The Morgan fingerprint density at radius 2 is 2.00 bits per heavy atom. The molecule has 1 saturated heterocycles. The van der Waals surface area contributed by atoms with Crippen LogP contribution in [0, 0.1) is 0 Å². The van der Waals surface area contributed by atoms with Crippen LogP contribution in [-0.2, 0) is 0 Å². The minimum absolute atomic E-state index is 0.384. The monoisotopic (exact) mass is 225 g/mol. The van der Waals surface area contributed by atoms with Crippen LogP contribution in [-0.4, -0.2) is 61.2 Å². The Bertz CT molecular complexity index is 233. The second-order valence-corrected chi connectivity index (χ2v) is 6.36. The lowest BCUT2D eigenvalue weighted by atomic mass is 9.98.